The van der Waals surface area contributed by atoms with Gasteiger partial charge >= 0.3 is 5.69 Å². The maximum absolute atomic E-state index is 13.4. The minimum Gasteiger partial charge on any atom is -0.366 e. The normalized spacial score (nSPS) is 15.6. The van der Waals surface area contributed by atoms with Gasteiger partial charge in [0.15, 0.2) is 0 Å². The molecule has 0 bridgehead atoms. The van der Waals surface area contributed by atoms with Gasteiger partial charge in [0, 0.05) is 37.8 Å². The van der Waals surface area contributed by atoms with E-state index in [1.807, 2.05) is 47.1 Å². The number of nitro benzene ring substituents is 1. The zero-order valence-electron chi connectivity index (χ0n) is 19.6. The summed E-state index contributed by atoms with van der Waals surface area (Å²) in [6, 6.07) is 14.7. The smallest absolute Gasteiger partial charge is 0.331 e. The van der Waals surface area contributed by atoms with Crippen LogP contribution in [-0.4, -0.2) is 25.2 Å². The molecule has 0 fully saturated rings. The first kappa shape index (κ1) is 22.5. The Bertz CT molecular complexity index is 1630. The van der Waals surface area contributed by atoms with Crippen LogP contribution >= 0.6 is 0 Å². The number of ether oxygens (including phenoxy) is 1. The van der Waals surface area contributed by atoms with Crippen molar-refractivity contribution in [3.63, 3.8) is 0 Å². The number of nitro groups is 1. The lowest BCUT2D eigenvalue weighted by molar-refractivity contribution is -0.385. The van der Waals surface area contributed by atoms with Gasteiger partial charge in [-0.3, -0.25) is 24.0 Å². The largest absolute Gasteiger partial charge is 0.366 e. The van der Waals surface area contributed by atoms with Gasteiger partial charge in [0.2, 0.25) is 0 Å². The predicted molar refractivity (Wildman–Crippen MR) is 133 cm³/mol. The van der Waals surface area contributed by atoms with Crippen LogP contribution in [0.1, 0.15) is 22.9 Å². The fraction of sp³-hybridized carbons (Fsp3) is 0.231. The minimum absolute atomic E-state index is 0.0274. The molecule has 1 aliphatic heterocycles. The predicted octanol–water partition coefficient (Wildman–Crippen LogP) is 3.71. The van der Waals surface area contributed by atoms with Crippen LogP contribution in [-0.2, 0) is 25.4 Å². The fourth-order valence-electron chi connectivity index (χ4n) is 4.77. The summed E-state index contributed by atoms with van der Waals surface area (Å²) >= 11 is 0. The molecule has 0 N–H and O–H groups in total. The molecule has 2 aromatic heterocycles. The minimum atomic E-state index is -0.515. The molecular formula is C26H24N4O5. The first-order valence-electron chi connectivity index (χ1n) is 11.2. The molecular weight excluding hydrogens is 448 g/mol. The van der Waals surface area contributed by atoms with Gasteiger partial charge in [-0.15, -0.1) is 0 Å². The third-order valence-electron chi connectivity index (χ3n) is 6.53. The van der Waals surface area contributed by atoms with Crippen molar-refractivity contribution < 1.29 is 9.66 Å². The van der Waals surface area contributed by atoms with E-state index in [-0.39, 0.29) is 5.69 Å². The summed E-state index contributed by atoms with van der Waals surface area (Å²) in [5.41, 5.74) is 2.83. The molecule has 9 heteroatoms. The Balaban J connectivity index is 1.84. The van der Waals surface area contributed by atoms with E-state index in [0.717, 1.165) is 10.1 Å². The molecule has 1 unspecified atom stereocenters. The summed E-state index contributed by atoms with van der Waals surface area (Å²) in [5.74, 6) is 0. The Morgan fingerprint density at radius 1 is 1.09 bits per heavy atom. The maximum Gasteiger partial charge on any atom is 0.331 e. The molecule has 0 amide bonds. The van der Waals surface area contributed by atoms with Crippen LogP contribution < -0.4 is 11.2 Å². The lowest BCUT2D eigenvalue weighted by Crippen LogP contribution is -2.37. The van der Waals surface area contributed by atoms with E-state index in [1.165, 1.54) is 17.7 Å². The number of benzene rings is 2. The average molecular weight is 473 g/mol. The molecule has 0 saturated heterocycles. The second-order valence-electron chi connectivity index (χ2n) is 8.63. The zero-order valence-corrected chi connectivity index (χ0v) is 19.6. The molecule has 5 rings (SSSR count). The third-order valence-corrected chi connectivity index (χ3v) is 6.53. The van der Waals surface area contributed by atoms with E-state index >= 15 is 0 Å². The van der Waals surface area contributed by atoms with Crippen molar-refractivity contribution in [1.29, 1.82) is 0 Å². The summed E-state index contributed by atoms with van der Waals surface area (Å²) in [4.78, 5) is 37.5. The van der Waals surface area contributed by atoms with E-state index < -0.39 is 22.3 Å². The van der Waals surface area contributed by atoms with Crippen LogP contribution in [0.4, 0.5) is 5.69 Å². The van der Waals surface area contributed by atoms with Crippen molar-refractivity contribution in [2.75, 3.05) is 6.61 Å². The van der Waals surface area contributed by atoms with Crippen LogP contribution in [0.15, 0.2) is 64.2 Å². The molecule has 4 aromatic rings. The van der Waals surface area contributed by atoms with Gasteiger partial charge in [-0.05, 0) is 18.6 Å². The highest BCUT2D eigenvalue weighted by Gasteiger charge is 2.31. The van der Waals surface area contributed by atoms with E-state index in [9.17, 15) is 19.7 Å². The molecule has 1 aliphatic rings. The van der Waals surface area contributed by atoms with Gasteiger partial charge in [-0.1, -0.05) is 48.5 Å². The summed E-state index contributed by atoms with van der Waals surface area (Å²) < 4.78 is 10.6. The first-order valence-corrected chi connectivity index (χ1v) is 11.2. The van der Waals surface area contributed by atoms with Crippen LogP contribution in [0, 0.1) is 17.0 Å². The van der Waals surface area contributed by atoms with Crippen molar-refractivity contribution in [2.45, 2.75) is 19.6 Å². The van der Waals surface area contributed by atoms with Gasteiger partial charge in [-0.2, -0.15) is 0 Å². The monoisotopic (exact) mass is 472 g/mol. The molecule has 35 heavy (non-hydrogen) atoms. The Morgan fingerprint density at radius 3 is 2.54 bits per heavy atom. The Morgan fingerprint density at radius 2 is 1.83 bits per heavy atom. The molecule has 0 aliphatic carbocycles. The Hall–Kier alpha value is -4.24. The number of rotatable bonds is 4. The summed E-state index contributed by atoms with van der Waals surface area (Å²) in [5, 5.41) is 12.0. The number of aromatic nitrogens is 3. The second-order valence-corrected chi connectivity index (χ2v) is 8.63. The van der Waals surface area contributed by atoms with Gasteiger partial charge in [0.05, 0.1) is 33.8 Å². The zero-order chi connectivity index (χ0) is 24.9. The molecule has 0 spiro atoms. The summed E-state index contributed by atoms with van der Waals surface area (Å²) in [6.45, 7) is 2.50. The third kappa shape index (κ3) is 3.60. The quantitative estimate of drug-likeness (QED) is 0.333. The first-order chi connectivity index (χ1) is 16.8. The maximum atomic E-state index is 13.4. The van der Waals surface area contributed by atoms with Gasteiger partial charge in [0.1, 0.15) is 6.10 Å². The van der Waals surface area contributed by atoms with E-state index in [4.69, 9.17) is 4.74 Å². The lowest BCUT2D eigenvalue weighted by Gasteiger charge is -2.25. The van der Waals surface area contributed by atoms with Crippen LogP contribution in [0.25, 0.3) is 28.2 Å². The highest BCUT2D eigenvalue weighted by molar-refractivity contribution is 5.97. The average Bonchev–Trinajstić information content (AvgIpc) is 3.21. The molecule has 0 radical (unpaired) electrons. The summed E-state index contributed by atoms with van der Waals surface area (Å²) in [7, 11) is 3.06. The Kier molecular flexibility index (Phi) is 5.49. The second kappa shape index (κ2) is 8.52. The van der Waals surface area contributed by atoms with Gasteiger partial charge in [0.25, 0.3) is 11.2 Å². The number of nitrogens with zero attached hydrogens (tertiary/aromatic N) is 4. The van der Waals surface area contributed by atoms with Crippen molar-refractivity contribution in [1.82, 2.24) is 13.7 Å². The number of aryl methyl sites for hydroxylation is 2. The topological polar surface area (TPSA) is 101 Å². The van der Waals surface area contributed by atoms with Crippen LogP contribution in [0.3, 0.4) is 0 Å². The highest BCUT2D eigenvalue weighted by atomic mass is 16.6. The fourth-order valence-corrected chi connectivity index (χ4v) is 4.77. The molecule has 9 nitrogen and oxygen atoms in total. The van der Waals surface area contributed by atoms with Crippen molar-refractivity contribution >= 4 is 22.7 Å². The number of fused-ring (bicyclic) bond motifs is 3. The standard InChI is InChI=1S/C26H24N4O5/c1-16-9-11-18(15-19(16)30(33)34)22-21-24(27(2)26(32)28(3)25(21)31)23-20(35-14-13-29(22)23)12-10-17-7-5-4-6-8-17/h4-12,15,20H,13-14H2,1-3H3. The van der Waals surface area contributed by atoms with Crippen LogP contribution in [0.5, 0.6) is 0 Å². The van der Waals surface area contributed by atoms with Gasteiger partial charge < -0.3 is 9.30 Å². The van der Waals surface area contributed by atoms with E-state index in [1.54, 1.807) is 26.1 Å². The van der Waals surface area contributed by atoms with Crippen molar-refractivity contribution in [2.24, 2.45) is 14.1 Å². The number of hydrogen-bond donors (Lipinski definition) is 0. The molecule has 0 saturated carbocycles. The molecule has 2 aromatic carbocycles. The number of hydrogen-bond acceptors (Lipinski definition) is 5. The molecule has 3 heterocycles. The molecule has 178 valence electrons. The molecule has 1 atom stereocenters. The van der Waals surface area contributed by atoms with Crippen molar-refractivity contribution in [3.05, 3.63) is 102 Å². The highest BCUT2D eigenvalue weighted by Crippen LogP contribution is 2.39. The SMILES string of the molecule is Cc1ccc(-c2c3c(=O)n(C)c(=O)n(C)c3c3n2CCOC3C=Cc2ccccc2)cc1[N+](=O)[O-]. The van der Waals surface area contributed by atoms with Gasteiger partial charge in [-0.25, -0.2) is 4.79 Å². The lowest BCUT2D eigenvalue weighted by atomic mass is 10.1. The van der Waals surface area contributed by atoms with E-state index in [0.29, 0.717) is 46.6 Å². The van der Waals surface area contributed by atoms with Crippen LogP contribution in [0.2, 0.25) is 0 Å². The van der Waals surface area contributed by atoms with Crippen molar-refractivity contribution in [3.8, 4) is 11.3 Å². The Labute approximate surface area is 200 Å². The van der Waals surface area contributed by atoms with E-state index in [2.05, 4.69) is 0 Å². The summed E-state index contributed by atoms with van der Waals surface area (Å²) in [6.07, 6.45) is 3.33.